The van der Waals surface area contributed by atoms with Crippen LogP contribution in [0, 0.1) is 11.8 Å². The molecule has 14 heteroatoms. The first kappa shape index (κ1) is 31.7. The van der Waals surface area contributed by atoms with Gasteiger partial charge in [0.05, 0.1) is 19.2 Å². The zero-order chi connectivity index (χ0) is 27.3. The number of primary amides is 1. The van der Waals surface area contributed by atoms with Gasteiger partial charge >= 0.3 is 5.97 Å². The zero-order valence-corrected chi connectivity index (χ0v) is 20.5. The Kier molecular flexibility index (Phi) is 14.2. The number of hydrogen-bond acceptors (Lipinski definition) is 8. The molecule has 5 amide bonds. The smallest absolute Gasteiger partial charge is 0.328 e. The molecule has 35 heavy (non-hydrogen) atoms. The molecule has 0 radical (unpaired) electrons. The maximum atomic E-state index is 12.9. The van der Waals surface area contributed by atoms with Gasteiger partial charge in [-0.3, -0.25) is 24.0 Å². The molecule has 0 rings (SSSR count). The normalized spacial score (nSPS) is 14.4. The summed E-state index contributed by atoms with van der Waals surface area (Å²) in [6.45, 7) is 5.65. The number of nitrogens with two attached hydrogens (primary N) is 2. The minimum absolute atomic E-state index is 0.157. The molecule has 0 saturated carbocycles. The Morgan fingerprint density at radius 3 is 1.91 bits per heavy atom. The van der Waals surface area contributed by atoms with Gasteiger partial charge in [0.1, 0.15) is 18.1 Å². The van der Waals surface area contributed by atoms with Gasteiger partial charge in [-0.05, 0) is 24.7 Å². The van der Waals surface area contributed by atoms with Crippen molar-refractivity contribution in [3.05, 3.63) is 0 Å². The predicted molar refractivity (Wildman–Crippen MR) is 124 cm³/mol. The number of amides is 5. The highest BCUT2D eigenvalue weighted by molar-refractivity contribution is 5.94. The van der Waals surface area contributed by atoms with E-state index in [0.717, 1.165) is 0 Å². The molecular formula is C21H38N6O8. The molecule has 0 heterocycles. The standard InChI is InChI=1S/C21H38N6O8/c1-10(2)7-12(22)18(31)27-17(11(3)4)20(33)26-13(5-6-15(23)29)19(32)24-8-16(30)25-14(9-28)21(34)35/h10-14,17,28H,5-9,22H2,1-4H3,(H2,23,29)(H,24,32)(H,25,30)(H,26,33)(H,27,31)(H,34,35)/t12-,13-,14-,17-/m0/s1. The third-order valence-electron chi connectivity index (χ3n) is 4.86. The molecule has 10 N–H and O–H groups in total. The minimum Gasteiger partial charge on any atom is -0.480 e. The second kappa shape index (κ2) is 15.6. The van der Waals surface area contributed by atoms with Gasteiger partial charge in [0.2, 0.25) is 29.5 Å². The summed E-state index contributed by atoms with van der Waals surface area (Å²) in [5.41, 5.74) is 11.0. The van der Waals surface area contributed by atoms with E-state index in [-0.39, 0.29) is 24.7 Å². The Morgan fingerprint density at radius 1 is 0.857 bits per heavy atom. The average Bonchev–Trinajstić information content (AvgIpc) is 2.75. The molecule has 0 aliphatic heterocycles. The highest BCUT2D eigenvalue weighted by Gasteiger charge is 2.30. The van der Waals surface area contributed by atoms with E-state index in [0.29, 0.717) is 6.42 Å². The molecule has 0 saturated heterocycles. The van der Waals surface area contributed by atoms with Crippen molar-refractivity contribution < 1.29 is 39.0 Å². The van der Waals surface area contributed by atoms with Gasteiger partial charge in [0, 0.05) is 6.42 Å². The van der Waals surface area contributed by atoms with Crippen molar-refractivity contribution in [2.75, 3.05) is 13.2 Å². The van der Waals surface area contributed by atoms with Crippen molar-refractivity contribution in [3.63, 3.8) is 0 Å². The first-order valence-corrected chi connectivity index (χ1v) is 11.2. The fraction of sp³-hybridized carbons (Fsp3) is 0.714. The van der Waals surface area contributed by atoms with Crippen LogP contribution in [-0.4, -0.2) is 83.0 Å². The fourth-order valence-electron chi connectivity index (χ4n) is 2.95. The monoisotopic (exact) mass is 502 g/mol. The summed E-state index contributed by atoms with van der Waals surface area (Å²) < 4.78 is 0. The molecule has 0 aliphatic rings. The number of carbonyl (C=O) groups is 6. The first-order chi connectivity index (χ1) is 16.2. The van der Waals surface area contributed by atoms with Gasteiger partial charge in [-0.1, -0.05) is 27.7 Å². The fourth-order valence-corrected chi connectivity index (χ4v) is 2.95. The lowest BCUT2D eigenvalue weighted by Crippen LogP contribution is -2.58. The van der Waals surface area contributed by atoms with Crippen LogP contribution in [-0.2, 0) is 28.8 Å². The molecule has 0 fully saturated rings. The van der Waals surface area contributed by atoms with E-state index in [1.807, 2.05) is 19.2 Å². The second-order valence-electron chi connectivity index (χ2n) is 8.89. The van der Waals surface area contributed by atoms with Crippen LogP contribution < -0.4 is 32.7 Å². The Balaban J connectivity index is 5.29. The van der Waals surface area contributed by atoms with Crippen LogP contribution >= 0.6 is 0 Å². The van der Waals surface area contributed by atoms with Gasteiger partial charge in [0.25, 0.3) is 0 Å². The molecule has 4 atom stereocenters. The molecular weight excluding hydrogens is 464 g/mol. The van der Waals surface area contributed by atoms with E-state index in [2.05, 4.69) is 16.0 Å². The van der Waals surface area contributed by atoms with Crippen molar-refractivity contribution in [1.82, 2.24) is 21.3 Å². The Labute approximate surface area is 203 Å². The van der Waals surface area contributed by atoms with E-state index in [4.69, 9.17) is 21.7 Å². The molecule has 0 unspecified atom stereocenters. The zero-order valence-electron chi connectivity index (χ0n) is 20.5. The van der Waals surface area contributed by atoms with Crippen LogP contribution in [0.4, 0.5) is 0 Å². The quantitative estimate of drug-likeness (QED) is 0.107. The molecule has 0 bridgehead atoms. The van der Waals surface area contributed by atoms with Crippen LogP contribution in [0.1, 0.15) is 47.0 Å². The number of hydrogen-bond donors (Lipinski definition) is 8. The SMILES string of the molecule is CC(C)C[C@H](N)C(=O)N[C@H](C(=O)N[C@@H](CCC(N)=O)C(=O)NCC(=O)N[C@@H](CO)C(=O)O)C(C)C. The number of aliphatic carboxylic acids is 1. The van der Waals surface area contributed by atoms with Gasteiger partial charge in [-0.2, -0.15) is 0 Å². The summed E-state index contributed by atoms with van der Waals surface area (Å²) in [5.74, 6) is -5.37. The van der Waals surface area contributed by atoms with E-state index in [1.54, 1.807) is 13.8 Å². The maximum absolute atomic E-state index is 12.9. The number of carboxylic acid groups (broad SMARTS) is 1. The topological polar surface area (TPSA) is 243 Å². The van der Waals surface area contributed by atoms with Gasteiger partial charge in [0.15, 0.2) is 0 Å². The van der Waals surface area contributed by atoms with Crippen LogP contribution in [0.5, 0.6) is 0 Å². The summed E-state index contributed by atoms with van der Waals surface area (Å²) in [4.78, 5) is 71.9. The minimum atomic E-state index is -1.55. The number of carbonyl (C=O) groups excluding carboxylic acids is 5. The van der Waals surface area contributed by atoms with Gasteiger partial charge in [-0.15, -0.1) is 0 Å². The molecule has 14 nitrogen and oxygen atoms in total. The number of nitrogens with one attached hydrogen (secondary N) is 4. The first-order valence-electron chi connectivity index (χ1n) is 11.2. The van der Waals surface area contributed by atoms with E-state index in [1.165, 1.54) is 0 Å². The van der Waals surface area contributed by atoms with Crippen LogP contribution in [0.25, 0.3) is 0 Å². The third kappa shape index (κ3) is 12.7. The summed E-state index contributed by atoms with van der Waals surface area (Å²) in [5, 5.41) is 27.1. The lowest BCUT2D eigenvalue weighted by Gasteiger charge is -2.26. The van der Waals surface area contributed by atoms with Gasteiger partial charge < -0.3 is 42.9 Å². The summed E-state index contributed by atoms with van der Waals surface area (Å²) >= 11 is 0. The molecule has 200 valence electrons. The number of carboxylic acids is 1. The van der Waals surface area contributed by atoms with Crippen molar-refractivity contribution in [2.45, 2.75) is 71.1 Å². The Hall–Kier alpha value is -3.26. The van der Waals surface area contributed by atoms with Crippen molar-refractivity contribution >= 4 is 35.5 Å². The number of aliphatic hydroxyl groups excluding tert-OH is 1. The molecule has 0 aromatic heterocycles. The van der Waals surface area contributed by atoms with Crippen LogP contribution in [0.3, 0.4) is 0 Å². The highest BCUT2D eigenvalue weighted by Crippen LogP contribution is 2.07. The highest BCUT2D eigenvalue weighted by atomic mass is 16.4. The Morgan fingerprint density at radius 2 is 1.46 bits per heavy atom. The van der Waals surface area contributed by atoms with Crippen molar-refractivity contribution in [1.29, 1.82) is 0 Å². The lowest BCUT2D eigenvalue weighted by atomic mass is 10.00. The number of aliphatic hydroxyl groups is 1. The Bertz CT molecular complexity index is 773. The van der Waals surface area contributed by atoms with Crippen molar-refractivity contribution in [3.8, 4) is 0 Å². The molecule has 0 aromatic rings. The van der Waals surface area contributed by atoms with Gasteiger partial charge in [-0.25, -0.2) is 4.79 Å². The van der Waals surface area contributed by atoms with Crippen LogP contribution in [0.2, 0.25) is 0 Å². The maximum Gasteiger partial charge on any atom is 0.328 e. The largest absolute Gasteiger partial charge is 0.480 e. The molecule has 0 aromatic carbocycles. The predicted octanol–water partition coefficient (Wildman–Crippen LogP) is -3.07. The average molecular weight is 503 g/mol. The van der Waals surface area contributed by atoms with Crippen molar-refractivity contribution in [2.24, 2.45) is 23.3 Å². The molecule has 0 aliphatic carbocycles. The van der Waals surface area contributed by atoms with Crippen LogP contribution in [0.15, 0.2) is 0 Å². The third-order valence-corrected chi connectivity index (χ3v) is 4.86. The number of rotatable bonds is 16. The van der Waals surface area contributed by atoms with E-state index in [9.17, 15) is 28.8 Å². The van der Waals surface area contributed by atoms with E-state index >= 15 is 0 Å². The molecule has 0 spiro atoms. The summed E-state index contributed by atoms with van der Waals surface area (Å²) in [6.07, 6.45) is -0.0360. The lowest BCUT2D eigenvalue weighted by molar-refractivity contribution is -0.142. The summed E-state index contributed by atoms with van der Waals surface area (Å²) in [7, 11) is 0. The second-order valence-corrected chi connectivity index (χ2v) is 8.89. The van der Waals surface area contributed by atoms with E-state index < -0.39 is 72.8 Å². The summed E-state index contributed by atoms with van der Waals surface area (Å²) in [6, 6.07) is -4.69.